The van der Waals surface area contributed by atoms with Crippen molar-refractivity contribution in [2.45, 2.75) is 33.6 Å². The predicted octanol–water partition coefficient (Wildman–Crippen LogP) is 5.91. The van der Waals surface area contributed by atoms with Crippen LogP contribution < -0.4 is 10.2 Å². The van der Waals surface area contributed by atoms with E-state index in [-0.39, 0.29) is 6.03 Å². The molecule has 0 bridgehead atoms. The molecule has 0 saturated carbocycles. The molecule has 6 nitrogen and oxygen atoms in total. The Labute approximate surface area is 210 Å². The minimum Gasteiger partial charge on any atom is -0.353 e. The number of rotatable bonds is 5. The average Bonchev–Trinajstić information content (AvgIpc) is 2.83. The van der Waals surface area contributed by atoms with E-state index in [0.29, 0.717) is 36.9 Å². The molecule has 4 rings (SSSR count). The van der Waals surface area contributed by atoms with Crippen LogP contribution in [0.2, 0.25) is 10.0 Å². The van der Waals surface area contributed by atoms with Gasteiger partial charge in [0.15, 0.2) is 0 Å². The molecule has 1 aliphatic rings. The molecule has 0 aliphatic carbocycles. The molecular weight excluding hydrogens is 469 g/mol. The van der Waals surface area contributed by atoms with E-state index in [4.69, 9.17) is 33.2 Å². The largest absolute Gasteiger partial charge is 0.353 e. The number of hydrogen-bond acceptors (Lipinski definition) is 4. The van der Waals surface area contributed by atoms with Crippen LogP contribution in [-0.4, -0.2) is 47.1 Å². The Hall–Kier alpha value is -2.83. The second-order valence-electron chi connectivity index (χ2n) is 8.54. The van der Waals surface area contributed by atoms with Crippen molar-refractivity contribution >= 4 is 40.7 Å². The minimum atomic E-state index is -0.117. The summed E-state index contributed by atoms with van der Waals surface area (Å²) >= 11 is 12.3. The van der Waals surface area contributed by atoms with Gasteiger partial charge in [0.25, 0.3) is 0 Å². The molecule has 0 spiro atoms. The van der Waals surface area contributed by atoms with E-state index in [1.54, 1.807) is 6.07 Å². The number of nitrogens with zero attached hydrogens (tertiary/aromatic N) is 4. The van der Waals surface area contributed by atoms with Crippen LogP contribution in [0.3, 0.4) is 0 Å². The third-order valence-corrected chi connectivity index (χ3v) is 6.76. The van der Waals surface area contributed by atoms with E-state index >= 15 is 0 Å². The highest BCUT2D eigenvalue weighted by Crippen LogP contribution is 2.27. The summed E-state index contributed by atoms with van der Waals surface area (Å²) in [7, 11) is 0. The number of nitrogens with one attached hydrogen (secondary N) is 1. The first-order chi connectivity index (χ1) is 16.3. The fraction of sp³-hybridized carbons (Fsp3) is 0.346. The summed E-state index contributed by atoms with van der Waals surface area (Å²) < 4.78 is 0. The van der Waals surface area contributed by atoms with Gasteiger partial charge < -0.3 is 15.1 Å². The predicted molar refractivity (Wildman–Crippen MR) is 139 cm³/mol. The van der Waals surface area contributed by atoms with Gasteiger partial charge in [-0.2, -0.15) is 0 Å². The fourth-order valence-electron chi connectivity index (χ4n) is 4.17. The number of urea groups is 1. The fourth-order valence-corrected chi connectivity index (χ4v) is 4.48. The maximum Gasteiger partial charge on any atom is 0.321 e. The van der Waals surface area contributed by atoms with Gasteiger partial charge in [0.05, 0.1) is 0 Å². The highest BCUT2D eigenvalue weighted by atomic mass is 35.5. The Kier molecular flexibility index (Phi) is 7.59. The first-order valence-electron chi connectivity index (χ1n) is 11.5. The molecule has 3 aromatic rings. The number of aryl methyl sites for hydroxylation is 3. The van der Waals surface area contributed by atoms with Crippen LogP contribution in [0.15, 0.2) is 42.5 Å². The molecule has 0 radical (unpaired) electrons. The molecule has 2 aromatic carbocycles. The van der Waals surface area contributed by atoms with Gasteiger partial charge in [-0.3, -0.25) is 0 Å². The number of piperazine rings is 1. The Bertz CT molecular complexity index is 1170. The lowest BCUT2D eigenvalue weighted by Gasteiger charge is -2.36. The number of aromatic nitrogens is 2. The Morgan fingerprint density at radius 3 is 2.35 bits per heavy atom. The lowest BCUT2D eigenvalue weighted by Crippen LogP contribution is -2.50. The molecular formula is C26H29Cl2N5O. The lowest BCUT2D eigenvalue weighted by molar-refractivity contribution is 0.208. The SMILES string of the molecule is CCc1nc(C)nc(N2CCN(C(=O)Nc3ccc(C)c(Cl)c3)CC2)c1Cc1ccc(Cl)cc1. The lowest BCUT2D eigenvalue weighted by atomic mass is 10.0. The van der Waals surface area contributed by atoms with Gasteiger partial charge in [-0.1, -0.05) is 48.3 Å². The maximum absolute atomic E-state index is 12.8. The molecule has 1 fully saturated rings. The van der Waals surface area contributed by atoms with Gasteiger partial charge in [-0.15, -0.1) is 0 Å². The van der Waals surface area contributed by atoms with E-state index < -0.39 is 0 Å². The van der Waals surface area contributed by atoms with Crippen molar-refractivity contribution in [3.8, 4) is 0 Å². The zero-order valence-electron chi connectivity index (χ0n) is 19.7. The Morgan fingerprint density at radius 2 is 1.71 bits per heavy atom. The van der Waals surface area contributed by atoms with Gasteiger partial charge in [-0.25, -0.2) is 14.8 Å². The molecule has 1 aromatic heterocycles. The van der Waals surface area contributed by atoms with E-state index in [1.807, 2.05) is 55.1 Å². The molecule has 0 unspecified atom stereocenters. The van der Waals surface area contributed by atoms with Gasteiger partial charge >= 0.3 is 6.03 Å². The van der Waals surface area contributed by atoms with Crippen LogP contribution in [0, 0.1) is 13.8 Å². The Balaban J connectivity index is 1.48. The maximum atomic E-state index is 12.8. The number of carbonyl (C=O) groups excluding carboxylic acids is 1. The van der Waals surface area contributed by atoms with E-state index in [2.05, 4.69) is 17.1 Å². The number of benzene rings is 2. The van der Waals surface area contributed by atoms with Crippen molar-refractivity contribution in [3.63, 3.8) is 0 Å². The normalized spacial score (nSPS) is 13.8. The number of halogens is 2. The molecule has 1 aliphatic heterocycles. The van der Waals surface area contributed by atoms with Crippen molar-refractivity contribution < 1.29 is 4.79 Å². The third kappa shape index (κ3) is 5.62. The monoisotopic (exact) mass is 497 g/mol. The van der Waals surface area contributed by atoms with Gasteiger partial charge in [0.2, 0.25) is 0 Å². The summed E-state index contributed by atoms with van der Waals surface area (Å²) in [5.41, 5.74) is 5.06. The van der Waals surface area contributed by atoms with Gasteiger partial charge in [0, 0.05) is 59.6 Å². The topological polar surface area (TPSA) is 61.4 Å². The zero-order valence-corrected chi connectivity index (χ0v) is 21.2. The molecule has 2 amide bonds. The zero-order chi connectivity index (χ0) is 24.2. The highest BCUT2D eigenvalue weighted by Gasteiger charge is 2.25. The molecule has 2 heterocycles. The van der Waals surface area contributed by atoms with Crippen LogP contribution in [0.25, 0.3) is 0 Å². The summed E-state index contributed by atoms with van der Waals surface area (Å²) in [5.74, 6) is 1.73. The number of anilines is 2. The second-order valence-corrected chi connectivity index (χ2v) is 9.39. The molecule has 34 heavy (non-hydrogen) atoms. The molecule has 0 atom stereocenters. The first-order valence-corrected chi connectivity index (χ1v) is 12.3. The quantitative estimate of drug-likeness (QED) is 0.475. The average molecular weight is 498 g/mol. The Morgan fingerprint density at radius 1 is 1.00 bits per heavy atom. The smallest absolute Gasteiger partial charge is 0.321 e. The van der Waals surface area contributed by atoms with Crippen LogP contribution in [-0.2, 0) is 12.8 Å². The summed E-state index contributed by atoms with van der Waals surface area (Å²) in [5, 5.41) is 4.32. The minimum absolute atomic E-state index is 0.117. The van der Waals surface area contributed by atoms with Crippen molar-refractivity contribution in [1.82, 2.24) is 14.9 Å². The van der Waals surface area contributed by atoms with Crippen molar-refractivity contribution in [2.75, 3.05) is 36.4 Å². The summed E-state index contributed by atoms with van der Waals surface area (Å²) in [6, 6.07) is 13.4. The summed E-state index contributed by atoms with van der Waals surface area (Å²) in [4.78, 5) is 26.5. The van der Waals surface area contributed by atoms with Gasteiger partial charge in [-0.05, 0) is 55.7 Å². The van der Waals surface area contributed by atoms with Crippen LogP contribution in [0.4, 0.5) is 16.3 Å². The van der Waals surface area contributed by atoms with Gasteiger partial charge in [0.1, 0.15) is 11.6 Å². The number of amides is 2. The van der Waals surface area contributed by atoms with Crippen molar-refractivity contribution in [3.05, 3.63) is 80.7 Å². The van der Waals surface area contributed by atoms with Crippen molar-refractivity contribution in [1.29, 1.82) is 0 Å². The van der Waals surface area contributed by atoms with E-state index in [1.165, 1.54) is 5.56 Å². The van der Waals surface area contributed by atoms with E-state index in [0.717, 1.165) is 46.3 Å². The summed E-state index contributed by atoms with van der Waals surface area (Å²) in [6.07, 6.45) is 1.58. The second kappa shape index (κ2) is 10.6. The molecule has 8 heteroatoms. The first kappa shape index (κ1) is 24.3. The molecule has 1 saturated heterocycles. The third-order valence-electron chi connectivity index (χ3n) is 6.10. The van der Waals surface area contributed by atoms with Crippen LogP contribution in [0.5, 0.6) is 0 Å². The number of hydrogen-bond donors (Lipinski definition) is 1. The van der Waals surface area contributed by atoms with E-state index in [9.17, 15) is 4.79 Å². The number of carbonyl (C=O) groups is 1. The highest BCUT2D eigenvalue weighted by molar-refractivity contribution is 6.31. The molecule has 1 N–H and O–H groups in total. The van der Waals surface area contributed by atoms with Crippen molar-refractivity contribution in [2.24, 2.45) is 0 Å². The standard InChI is InChI=1S/C26H29Cl2N5O/c1-4-24-22(15-19-6-8-20(27)9-7-19)25(30-18(3)29-24)32-11-13-33(14-12-32)26(34)31-21-10-5-17(2)23(28)16-21/h5-10,16H,4,11-15H2,1-3H3,(H,31,34). The summed E-state index contributed by atoms with van der Waals surface area (Å²) in [6.45, 7) is 8.62. The van der Waals surface area contributed by atoms with Crippen LogP contribution >= 0.6 is 23.2 Å². The molecule has 178 valence electrons. The van der Waals surface area contributed by atoms with Crippen LogP contribution in [0.1, 0.15) is 35.1 Å².